The molecule has 0 fully saturated rings. The predicted octanol–water partition coefficient (Wildman–Crippen LogP) is 3.83. The number of nitriles is 1. The normalized spacial score (nSPS) is 16.3. The SMILES string of the molecule is CN1Cc2cc(-c3ccc(C[C@@H](C#N)NC(=O)OC(C)(C)C)c(F)c3)ccc2S1(=O)=O.[HH]. The van der Waals surface area contributed by atoms with Gasteiger partial charge >= 0.3 is 6.09 Å². The van der Waals surface area contributed by atoms with Crippen molar-refractivity contribution in [2.24, 2.45) is 0 Å². The number of benzene rings is 2. The van der Waals surface area contributed by atoms with Gasteiger partial charge in [-0.05, 0) is 61.2 Å². The lowest BCUT2D eigenvalue weighted by atomic mass is 9.99. The average Bonchev–Trinajstić information content (AvgIpc) is 2.89. The highest BCUT2D eigenvalue weighted by molar-refractivity contribution is 7.89. The molecule has 1 amide bonds. The molecule has 1 N–H and O–H groups in total. The molecular weight excluding hydrogens is 421 g/mol. The smallest absolute Gasteiger partial charge is 0.408 e. The first-order valence-electron chi connectivity index (χ1n) is 9.68. The molecule has 2 aromatic carbocycles. The number of alkyl carbamates (subject to hydrolysis) is 1. The summed E-state index contributed by atoms with van der Waals surface area (Å²) in [6.45, 7) is 5.39. The number of sulfonamides is 1. The fourth-order valence-electron chi connectivity index (χ4n) is 3.32. The second kappa shape index (κ2) is 8.29. The maximum atomic E-state index is 14.7. The van der Waals surface area contributed by atoms with Crippen LogP contribution in [-0.4, -0.2) is 37.5 Å². The maximum absolute atomic E-state index is 14.7. The summed E-state index contributed by atoms with van der Waals surface area (Å²) in [5, 5.41) is 11.8. The van der Waals surface area contributed by atoms with Crippen LogP contribution in [-0.2, 0) is 27.7 Å². The summed E-state index contributed by atoms with van der Waals surface area (Å²) in [5.41, 5.74) is 1.51. The lowest BCUT2D eigenvalue weighted by molar-refractivity contribution is 0.0515. The van der Waals surface area contributed by atoms with Gasteiger partial charge in [0, 0.05) is 21.4 Å². The van der Waals surface area contributed by atoms with Crippen LogP contribution in [0.5, 0.6) is 0 Å². The summed E-state index contributed by atoms with van der Waals surface area (Å²) >= 11 is 0. The molecular formula is C22H26FN3O4S. The third kappa shape index (κ3) is 5.03. The van der Waals surface area contributed by atoms with E-state index in [2.05, 4.69) is 5.32 Å². The molecule has 0 radical (unpaired) electrons. The maximum Gasteiger partial charge on any atom is 0.408 e. The Kier molecular flexibility index (Phi) is 6.07. The van der Waals surface area contributed by atoms with Crippen LogP contribution in [0.2, 0.25) is 0 Å². The first kappa shape index (κ1) is 22.7. The Morgan fingerprint density at radius 2 is 1.94 bits per heavy atom. The van der Waals surface area contributed by atoms with E-state index >= 15 is 0 Å². The number of hydrogen-bond acceptors (Lipinski definition) is 5. The molecule has 0 bridgehead atoms. The zero-order chi connectivity index (χ0) is 23.0. The molecule has 0 unspecified atom stereocenters. The molecule has 7 nitrogen and oxygen atoms in total. The predicted molar refractivity (Wildman–Crippen MR) is 115 cm³/mol. The van der Waals surface area contributed by atoms with E-state index in [0.717, 1.165) is 0 Å². The molecule has 31 heavy (non-hydrogen) atoms. The van der Waals surface area contributed by atoms with Gasteiger partial charge in [0.15, 0.2) is 0 Å². The molecule has 1 aliphatic rings. The number of carbonyl (C=O) groups excluding carboxylic acids is 1. The number of halogens is 1. The van der Waals surface area contributed by atoms with Crippen LogP contribution in [0.4, 0.5) is 9.18 Å². The third-order valence-electron chi connectivity index (χ3n) is 4.80. The highest BCUT2D eigenvalue weighted by Crippen LogP contribution is 2.33. The molecule has 0 saturated carbocycles. The van der Waals surface area contributed by atoms with Crippen molar-refractivity contribution < 1.29 is 23.8 Å². The topological polar surface area (TPSA) is 99.5 Å². The minimum atomic E-state index is -3.45. The van der Waals surface area contributed by atoms with E-state index in [9.17, 15) is 22.9 Å². The largest absolute Gasteiger partial charge is 0.444 e. The first-order valence-corrected chi connectivity index (χ1v) is 11.1. The van der Waals surface area contributed by atoms with Crippen LogP contribution in [0, 0.1) is 17.1 Å². The fourth-order valence-corrected chi connectivity index (χ4v) is 4.66. The number of carbonyl (C=O) groups is 1. The fraction of sp³-hybridized carbons (Fsp3) is 0.364. The van der Waals surface area contributed by atoms with Gasteiger partial charge < -0.3 is 10.1 Å². The van der Waals surface area contributed by atoms with Gasteiger partial charge in [-0.1, -0.05) is 18.2 Å². The van der Waals surface area contributed by atoms with Crippen molar-refractivity contribution in [3.63, 3.8) is 0 Å². The molecule has 1 atom stereocenters. The van der Waals surface area contributed by atoms with Gasteiger partial charge in [-0.3, -0.25) is 0 Å². The van der Waals surface area contributed by atoms with Crippen LogP contribution < -0.4 is 5.32 Å². The lowest BCUT2D eigenvalue weighted by Gasteiger charge is -2.21. The quantitative estimate of drug-likeness (QED) is 0.768. The van der Waals surface area contributed by atoms with Gasteiger partial charge in [-0.25, -0.2) is 17.6 Å². The number of ether oxygens (including phenoxy) is 1. The summed E-state index contributed by atoms with van der Waals surface area (Å²) in [7, 11) is -1.94. The van der Waals surface area contributed by atoms with Crippen LogP contribution in [0.3, 0.4) is 0 Å². The minimum Gasteiger partial charge on any atom is -0.444 e. The van der Waals surface area contributed by atoms with Crippen molar-refractivity contribution in [1.29, 1.82) is 5.26 Å². The molecule has 166 valence electrons. The van der Waals surface area contributed by atoms with Crippen molar-refractivity contribution in [3.05, 3.63) is 53.3 Å². The molecule has 0 aliphatic carbocycles. The van der Waals surface area contributed by atoms with Crippen molar-refractivity contribution in [2.75, 3.05) is 7.05 Å². The van der Waals surface area contributed by atoms with E-state index < -0.39 is 33.6 Å². The number of nitrogens with one attached hydrogen (secondary N) is 1. The number of fused-ring (bicyclic) bond motifs is 1. The van der Waals surface area contributed by atoms with Crippen molar-refractivity contribution in [2.45, 2.75) is 50.3 Å². The molecule has 1 heterocycles. The summed E-state index contributed by atoms with van der Waals surface area (Å²) in [4.78, 5) is 12.1. The zero-order valence-electron chi connectivity index (χ0n) is 17.8. The Labute approximate surface area is 183 Å². The van der Waals surface area contributed by atoms with Crippen molar-refractivity contribution in [1.82, 2.24) is 9.62 Å². The molecule has 9 heteroatoms. The first-order chi connectivity index (χ1) is 14.4. The zero-order valence-corrected chi connectivity index (χ0v) is 18.6. The van der Waals surface area contributed by atoms with Crippen LogP contribution >= 0.6 is 0 Å². The van der Waals surface area contributed by atoms with E-state index in [-0.39, 0.29) is 24.9 Å². The van der Waals surface area contributed by atoms with E-state index in [4.69, 9.17) is 4.74 Å². The molecule has 3 rings (SSSR count). The Bertz CT molecular complexity index is 1170. The summed E-state index contributed by atoms with van der Waals surface area (Å²) in [5.74, 6) is -0.519. The van der Waals surface area contributed by atoms with Gasteiger partial charge in [0.1, 0.15) is 17.5 Å². The monoisotopic (exact) mass is 447 g/mol. The summed E-state index contributed by atoms with van der Waals surface area (Å²) in [6, 6.07) is 10.5. The molecule has 0 saturated heterocycles. The number of hydrogen-bond donors (Lipinski definition) is 1. The van der Waals surface area contributed by atoms with Gasteiger partial charge in [0.05, 0.1) is 11.0 Å². The molecule has 0 aromatic heterocycles. The van der Waals surface area contributed by atoms with E-state index in [1.807, 2.05) is 6.07 Å². The number of nitrogens with zero attached hydrogens (tertiary/aromatic N) is 2. The van der Waals surface area contributed by atoms with Crippen LogP contribution in [0.1, 0.15) is 33.3 Å². The molecule has 0 spiro atoms. The Morgan fingerprint density at radius 3 is 2.55 bits per heavy atom. The van der Waals surface area contributed by atoms with E-state index in [1.54, 1.807) is 45.0 Å². The summed E-state index contributed by atoms with van der Waals surface area (Å²) in [6.07, 6.45) is -0.760. The van der Waals surface area contributed by atoms with Crippen LogP contribution in [0.15, 0.2) is 41.3 Å². The number of rotatable bonds is 4. The minimum absolute atomic E-state index is 0. The highest BCUT2D eigenvalue weighted by Gasteiger charge is 2.31. The van der Waals surface area contributed by atoms with Gasteiger partial charge in [-0.15, -0.1) is 0 Å². The van der Waals surface area contributed by atoms with Crippen LogP contribution in [0.25, 0.3) is 11.1 Å². The Morgan fingerprint density at radius 1 is 1.29 bits per heavy atom. The second-order valence-electron chi connectivity index (χ2n) is 8.42. The van der Waals surface area contributed by atoms with E-state index in [1.165, 1.54) is 23.5 Å². The van der Waals surface area contributed by atoms with E-state index in [0.29, 0.717) is 16.7 Å². The van der Waals surface area contributed by atoms with Crippen molar-refractivity contribution >= 4 is 16.1 Å². The second-order valence-corrected chi connectivity index (χ2v) is 10.4. The standard InChI is InChI=1S/C22H24FN3O4S.H2/c1-22(2,3)30-21(27)25-18(12-24)10-16-6-5-15(11-19(16)23)14-7-8-20-17(9-14)13-26(4)31(20,28)29;/h5-9,11,18H,10,13H2,1-4H3,(H,25,27);1H/t18-;/m0./s1. The Balaban J connectivity index is 0.00000363. The Hall–Kier alpha value is -2.96. The highest BCUT2D eigenvalue weighted by atomic mass is 32.2. The van der Waals surface area contributed by atoms with Crippen molar-refractivity contribution in [3.8, 4) is 17.2 Å². The van der Waals surface area contributed by atoms with Gasteiger partial charge in [-0.2, -0.15) is 9.57 Å². The number of amides is 1. The summed E-state index contributed by atoms with van der Waals surface area (Å²) < 4.78 is 45.6. The average molecular weight is 448 g/mol. The molecule has 1 aliphatic heterocycles. The third-order valence-corrected chi connectivity index (χ3v) is 6.70. The van der Waals surface area contributed by atoms with Gasteiger partial charge in [0.2, 0.25) is 10.0 Å². The molecule has 2 aromatic rings. The van der Waals surface area contributed by atoms with Gasteiger partial charge in [0.25, 0.3) is 0 Å². The lowest BCUT2D eigenvalue weighted by Crippen LogP contribution is -2.39.